The van der Waals surface area contributed by atoms with Crippen molar-refractivity contribution in [2.24, 2.45) is 0 Å². The summed E-state index contributed by atoms with van der Waals surface area (Å²) < 4.78 is 7.24. The summed E-state index contributed by atoms with van der Waals surface area (Å²) in [5.74, 6) is 2.34. The van der Waals surface area contributed by atoms with E-state index in [4.69, 9.17) is 4.74 Å². The number of carbonyl (C=O) groups is 1. The third-order valence-corrected chi connectivity index (χ3v) is 8.13. The molecule has 220 valence electrons. The molecule has 6 rings (SSSR count). The van der Waals surface area contributed by atoms with Crippen molar-refractivity contribution in [2.45, 2.75) is 38.3 Å². The zero-order chi connectivity index (χ0) is 29.4. The second-order valence-corrected chi connectivity index (χ2v) is 11.1. The smallest absolute Gasteiger partial charge is 0.224 e. The fraction of sp³-hybridized carbons (Fsp3) is 0.286. The van der Waals surface area contributed by atoms with E-state index in [2.05, 4.69) is 68.2 Å². The number of piperidine rings is 1. The minimum absolute atomic E-state index is 0.00290. The number of aromatic nitrogens is 3. The van der Waals surface area contributed by atoms with Gasteiger partial charge in [0, 0.05) is 43.8 Å². The minimum atomic E-state index is -0.00290. The number of nitrogens with zero attached hydrogens (tertiary/aromatic N) is 4. The first-order chi connectivity index (χ1) is 21.1. The number of amides is 1. The molecule has 1 saturated heterocycles. The minimum Gasteiger partial charge on any atom is -0.497 e. The maximum atomic E-state index is 12.9. The van der Waals surface area contributed by atoms with Crippen LogP contribution in [0.5, 0.6) is 5.75 Å². The number of benzene rings is 3. The van der Waals surface area contributed by atoms with Crippen molar-refractivity contribution in [3.05, 3.63) is 114 Å². The van der Waals surface area contributed by atoms with Crippen LogP contribution in [-0.4, -0.2) is 58.4 Å². The van der Waals surface area contributed by atoms with Gasteiger partial charge in [0.25, 0.3) is 0 Å². The van der Waals surface area contributed by atoms with Gasteiger partial charge >= 0.3 is 0 Å². The number of fused-ring (bicyclic) bond motifs is 1. The molecule has 1 fully saturated rings. The molecule has 8 heteroatoms. The van der Waals surface area contributed by atoms with Gasteiger partial charge in [-0.2, -0.15) is 0 Å². The lowest BCUT2D eigenvalue weighted by Crippen LogP contribution is -2.38. The van der Waals surface area contributed by atoms with E-state index in [1.807, 2.05) is 59.3 Å². The number of carbonyl (C=O) groups excluding carboxylic acids is 1. The number of hydrogen-bond donors (Lipinski definition) is 2. The molecule has 0 unspecified atom stereocenters. The van der Waals surface area contributed by atoms with Gasteiger partial charge in [-0.05, 0) is 66.3 Å². The summed E-state index contributed by atoms with van der Waals surface area (Å²) in [6, 6.07) is 31.1. The van der Waals surface area contributed by atoms with Crippen LogP contribution in [0.4, 0.5) is 5.82 Å². The number of para-hydroxylation sites is 1. The summed E-state index contributed by atoms with van der Waals surface area (Å²) >= 11 is 0. The average Bonchev–Trinajstić information content (AvgIpc) is 3.41. The average molecular weight is 575 g/mol. The molecule has 1 aliphatic heterocycles. The molecule has 3 heterocycles. The van der Waals surface area contributed by atoms with Crippen molar-refractivity contribution in [3.63, 3.8) is 0 Å². The van der Waals surface area contributed by atoms with Crippen molar-refractivity contribution in [1.82, 2.24) is 25.0 Å². The van der Waals surface area contributed by atoms with Crippen LogP contribution < -0.4 is 15.4 Å². The predicted molar refractivity (Wildman–Crippen MR) is 171 cm³/mol. The first-order valence-corrected chi connectivity index (χ1v) is 15.0. The lowest BCUT2D eigenvalue weighted by molar-refractivity contribution is -0.120. The third kappa shape index (κ3) is 7.21. The highest BCUT2D eigenvalue weighted by molar-refractivity contribution is 5.90. The maximum absolute atomic E-state index is 12.9. The van der Waals surface area contributed by atoms with E-state index in [0.717, 1.165) is 78.3 Å². The van der Waals surface area contributed by atoms with Crippen LogP contribution in [0.15, 0.2) is 97.2 Å². The van der Waals surface area contributed by atoms with Crippen LogP contribution in [0, 0.1) is 0 Å². The highest BCUT2D eigenvalue weighted by Crippen LogP contribution is 2.25. The summed E-state index contributed by atoms with van der Waals surface area (Å²) in [4.78, 5) is 15.4. The largest absolute Gasteiger partial charge is 0.497 e. The molecule has 0 radical (unpaired) electrons. The van der Waals surface area contributed by atoms with Gasteiger partial charge in [-0.25, -0.2) is 0 Å². The molecule has 0 aliphatic carbocycles. The van der Waals surface area contributed by atoms with E-state index in [1.54, 1.807) is 7.11 Å². The van der Waals surface area contributed by atoms with Crippen LogP contribution >= 0.6 is 0 Å². The number of methoxy groups -OCH3 is 1. The Kier molecular flexibility index (Phi) is 8.94. The Labute approximate surface area is 252 Å². The van der Waals surface area contributed by atoms with Crippen LogP contribution in [-0.2, 0) is 24.2 Å². The van der Waals surface area contributed by atoms with E-state index in [0.29, 0.717) is 19.0 Å². The van der Waals surface area contributed by atoms with Crippen molar-refractivity contribution in [1.29, 1.82) is 0 Å². The van der Waals surface area contributed by atoms with E-state index >= 15 is 0 Å². The lowest BCUT2D eigenvalue weighted by atomic mass is 10.0. The molecular weight excluding hydrogens is 536 g/mol. The first-order valence-electron chi connectivity index (χ1n) is 15.0. The fourth-order valence-corrected chi connectivity index (χ4v) is 5.77. The highest BCUT2D eigenvalue weighted by Gasteiger charge is 2.20. The number of nitrogens with one attached hydrogen (secondary N) is 2. The van der Waals surface area contributed by atoms with Gasteiger partial charge in [0.15, 0.2) is 5.82 Å². The normalized spacial score (nSPS) is 14.1. The molecule has 2 aromatic heterocycles. The van der Waals surface area contributed by atoms with Gasteiger partial charge in [0.2, 0.25) is 5.91 Å². The Morgan fingerprint density at radius 3 is 2.40 bits per heavy atom. The molecule has 5 aromatic rings. The fourth-order valence-electron chi connectivity index (χ4n) is 5.77. The zero-order valence-corrected chi connectivity index (χ0v) is 24.6. The molecule has 2 N–H and O–H groups in total. The van der Waals surface area contributed by atoms with Crippen molar-refractivity contribution in [2.75, 3.05) is 32.1 Å². The van der Waals surface area contributed by atoms with Crippen LogP contribution in [0.3, 0.4) is 0 Å². The molecule has 3 aromatic carbocycles. The van der Waals surface area contributed by atoms with Crippen molar-refractivity contribution in [3.8, 4) is 11.6 Å². The van der Waals surface area contributed by atoms with Gasteiger partial charge in [-0.3, -0.25) is 14.3 Å². The standard InChI is InChI=1S/C35H38N6O2/c1-43-30-13-11-26(12-14-30)17-20-36-35(42)23-28-25-41(32-10-6-5-9-31(28)32)34-16-15-33(38-39-34)37-29-18-21-40(22-19-29)24-27-7-3-2-4-8-27/h2-16,25,29H,17-24H2,1H3,(H,36,42)(H,37,38). The molecule has 8 nitrogen and oxygen atoms in total. The van der Waals surface area contributed by atoms with Gasteiger partial charge in [-0.15, -0.1) is 10.2 Å². The molecule has 0 bridgehead atoms. The second-order valence-electron chi connectivity index (χ2n) is 11.1. The molecule has 43 heavy (non-hydrogen) atoms. The Hall–Kier alpha value is -4.69. The van der Waals surface area contributed by atoms with Gasteiger partial charge < -0.3 is 15.4 Å². The molecule has 0 saturated carbocycles. The van der Waals surface area contributed by atoms with Crippen molar-refractivity contribution < 1.29 is 9.53 Å². The first kappa shape index (κ1) is 28.4. The second kappa shape index (κ2) is 13.5. The maximum Gasteiger partial charge on any atom is 0.224 e. The predicted octanol–water partition coefficient (Wildman–Crippen LogP) is 5.41. The Bertz CT molecular complexity index is 1630. The van der Waals surface area contributed by atoms with Crippen molar-refractivity contribution >= 4 is 22.6 Å². The molecule has 0 atom stereocenters. The van der Waals surface area contributed by atoms with Gasteiger partial charge in [-0.1, -0.05) is 60.7 Å². The lowest BCUT2D eigenvalue weighted by Gasteiger charge is -2.32. The summed E-state index contributed by atoms with van der Waals surface area (Å²) in [5.41, 5.74) is 4.48. The van der Waals surface area contributed by atoms with Gasteiger partial charge in [0.05, 0.1) is 19.0 Å². The van der Waals surface area contributed by atoms with E-state index in [9.17, 15) is 4.79 Å². The Balaban J connectivity index is 1.05. The molecule has 1 amide bonds. The Morgan fingerprint density at radius 1 is 0.884 bits per heavy atom. The van der Waals surface area contributed by atoms with E-state index in [1.165, 1.54) is 5.56 Å². The number of ether oxygens (including phenoxy) is 1. The van der Waals surface area contributed by atoms with Crippen LogP contribution in [0.2, 0.25) is 0 Å². The summed E-state index contributed by atoms with van der Waals surface area (Å²) in [6.45, 7) is 3.70. The van der Waals surface area contributed by atoms with E-state index < -0.39 is 0 Å². The number of hydrogen-bond acceptors (Lipinski definition) is 6. The van der Waals surface area contributed by atoms with E-state index in [-0.39, 0.29) is 5.91 Å². The van der Waals surface area contributed by atoms with Gasteiger partial charge in [0.1, 0.15) is 11.6 Å². The van der Waals surface area contributed by atoms with Crippen LogP contribution in [0.25, 0.3) is 16.7 Å². The summed E-state index contributed by atoms with van der Waals surface area (Å²) in [6.07, 6.45) is 5.22. The number of likely N-dealkylation sites (tertiary alicyclic amines) is 1. The number of anilines is 1. The quantitative estimate of drug-likeness (QED) is 0.220. The monoisotopic (exact) mass is 574 g/mol. The highest BCUT2D eigenvalue weighted by atomic mass is 16.5. The topological polar surface area (TPSA) is 84.3 Å². The summed E-state index contributed by atoms with van der Waals surface area (Å²) in [5, 5.41) is 16.7. The third-order valence-electron chi connectivity index (χ3n) is 8.13. The SMILES string of the molecule is COc1ccc(CCNC(=O)Cc2cn(-c3ccc(NC4CCN(Cc5ccccc5)CC4)nn3)c3ccccc23)cc1. The van der Waals surface area contributed by atoms with Crippen LogP contribution in [0.1, 0.15) is 29.5 Å². The molecule has 0 spiro atoms. The molecular formula is C35H38N6O2. The number of rotatable bonds is 11. The Morgan fingerprint density at radius 2 is 1.65 bits per heavy atom. The summed E-state index contributed by atoms with van der Waals surface area (Å²) in [7, 11) is 1.66. The molecule has 1 aliphatic rings. The zero-order valence-electron chi connectivity index (χ0n) is 24.6.